The standard InChI is InChI=1S/C25H21N5O4/c1-30-10-9-27-20(14-30)24(31)18-6-4-3-5-17(18)23-13-28-25(34-23)29-16-7-8-19(21(11-16)32-2)22-12-26-15-33-22/h3-15,27H,1-2H3,(H,28,29). The van der Waals surface area contributed by atoms with Gasteiger partial charge in [-0.05, 0) is 12.1 Å². The number of nitrogens with one attached hydrogen (secondary N) is 2. The summed E-state index contributed by atoms with van der Waals surface area (Å²) in [7, 11) is 3.44. The highest BCUT2D eigenvalue weighted by molar-refractivity contribution is 6.12. The van der Waals surface area contributed by atoms with Gasteiger partial charge in [0.15, 0.2) is 17.9 Å². The molecule has 0 bridgehead atoms. The van der Waals surface area contributed by atoms with E-state index in [0.29, 0.717) is 39.8 Å². The van der Waals surface area contributed by atoms with Crippen LogP contribution in [0.3, 0.4) is 0 Å². The van der Waals surface area contributed by atoms with E-state index in [0.717, 1.165) is 5.56 Å². The van der Waals surface area contributed by atoms with Crippen LogP contribution in [0.2, 0.25) is 0 Å². The van der Waals surface area contributed by atoms with E-state index >= 15 is 0 Å². The van der Waals surface area contributed by atoms with Crippen molar-refractivity contribution < 1.29 is 18.4 Å². The third kappa shape index (κ3) is 4.14. The summed E-state index contributed by atoms with van der Waals surface area (Å²) in [6, 6.07) is 13.1. The number of anilines is 2. The summed E-state index contributed by atoms with van der Waals surface area (Å²) in [5.41, 5.74) is 3.10. The molecule has 9 nitrogen and oxygen atoms in total. The Morgan fingerprint density at radius 3 is 2.79 bits per heavy atom. The van der Waals surface area contributed by atoms with Gasteiger partial charge in [0.2, 0.25) is 5.78 Å². The third-order valence-corrected chi connectivity index (χ3v) is 5.22. The van der Waals surface area contributed by atoms with E-state index in [-0.39, 0.29) is 11.8 Å². The van der Waals surface area contributed by atoms with Crippen molar-refractivity contribution in [3.05, 3.63) is 91.1 Å². The number of carbonyl (C=O) groups excluding carboxylic acids is 1. The van der Waals surface area contributed by atoms with Crippen molar-refractivity contribution in [2.75, 3.05) is 19.5 Å². The number of ether oxygens (including phenoxy) is 1. The van der Waals surface area contributed by atoms with Gasteiger partial charge < -0.3 is 29.1 Å². The van der Waals surface area contributed by atoms with Gasteiger partial charge in [-0.15, -0.1) is 0 Å². The zero-order chi connectivity index (χ0) is 23.5. The molecule has 2 N–H and O–H groups in total. The highest BCUT2D eigenvalue weighted by Crippen LogP contribution is 2.34. The van der Waals surface area contributed by atoms with Crippen LogP contribution >= 0.6 is 0 Å². The second kappa shape index (κ2) is 8.99. The molecule has 34 heavy (non-hydrogen) atoms. The molecule has 3 heterocycles. The predicted octanol–water partition coefficient (Wildman–Crippen LogP) is 4.78. The average molecular weight is 455 g/mol. The first-order valence-corrected chi connectivity index (χ1v) is 10.4. The molecule has 0 atom stereocenters. The predicted molar refractivity (Wildman–Crippen MR) is 126 cm³/mol. The molecule has 0 spiro atoms. The van der Waals surface area contributed by atoms with Crippen LogP contribution < -0.4 is 15.4 Å². The second-order valence-electron chi connectivity index (χ2n) is 7.48. The topological polar surface area (TPSA) is 106 Å². The third-order valence-electron chi connectivity index (χ3n) is 5.22. The fraction of sp³-hybridized carbons (Fsp3) is 0.0800. The first-order chi connectivity index (χ1) is 16.6. The van der Waals surface area contributed by atoms with Crippen molar-refractivity contribution >= 4 is 17.5 Å². The molecule has 0 unspecified atom stereocenters. The Bertz CT molecular complexity index is 1390. The van der Waals surface area contributed by atoms with Crippen LogP contribution in [-0.4, -0.2) is 34.8 Å². The van der Waals surface area contributed by atoms with Crippen LogP contribution in [0, 0.1) is 0 Å². The largest absolute Gasteiger partial charge is 0.496 e. The van der Waals surface area contributed by atoms with Gasteiger partial charge in [-0.1, -0.05) is 24.3 Å². The molecule has 1 aliphatic rings. The monoisotopic (exact) mass is 455 g/mol. The molecule has 2 aromatic carbocycles. The first-order valence-electron chi connectivity index (χ1n) is 10.4. The van der Waals surface area contributed by atoms with E-state index in [1.807, 2.05) is 54.5 Å². The molecule has 2 aromatic heterocycles. The Kier molecular flexibility index (Phi) is 5.57. The normalized spacial score (nSPS) is 12.8. The lowest BCUT2D eigenvalue weighted by atomic mass is 10.00. The molecule has 0 saturated carbocycles. The van der Waals surface area contributed by atoms with Gasteiger partial charge >= 0.3 is 0 Å². The van der Waals surface area contributed by atoms with E-state index < -0.39 is 0 Å². The fourth-order valence-electron chi connectivity index (χ4n) is 3.60. The molecule has 9 heteroatoms. The molecule has 0 saturated heterocycles. The minimum atomic E-state index is -0.148. The van der Waals surface area contributed by atoms with Gasteiger partial charge in [-0.25, -0.2) is 9.97 Å². The SMILES string of the molecule is COc1cc(Nc2ncc(-c3ccccc3C(=O)C3=CN(C)C=CN3)o2)ccc1-c1cnco1. The Labute approximate surface area is 195 Å². The lowest BCUT2D eigenvalue weighted by Gasteiger charge is -2.17. The summed E-state index contributed by atoms with van der Waals surface area (Å²) in [6.45, 7) is 0. The smallest absolute Gasteiger partial charge is 0.299 e. The molecule has 5 rings (SSSR count). The van der Waals surface area contributed by atoms with E-state index in [1.165, 1.54) is 6.39 Å². The van der Waals surface area contributed by atoms with Crippen LogP contribution in [0.15, 0.2) is 94.4 Å². The van der Waals surface area contributed by atoms with Gasteiger partial charge in [0.05, 0.1) is 25.1 Å². The number of hydrogen-bond donors (Lipinski definition) is 2. The number of aromatic nitrogens is 2. The number of oxazole rings is 2. The maximum absolute atomic E-state index is 13.1. The van der Waals surface area contributed by atoms with Gasteiger partial charge in [0, 0.05) is 48.5 Å². The van der Waals surface area contributed by atoms with Gasteiger partial charge in [0.25, 0.3) is 6.01 Å². The minimum absolute atomic E-state index is 0.148. The van der Waals surface area contributed by atoms with Crippen LogP contribution in [0.4, 0.5) is 11.7 Å². The molecule has 0 aliphatic carbocycles. The van der Waals surface area contributed by atoms with Crippen LogP contribution in [0.5, 0.6) is 5.75 Å². The van der Waals surface area contributed by atoms with E-state index in [2.05, 4.69) is 20.6 Å². The molecule has 1 aliphatic heterocycles. The van der Waals surface area contributed by atoms with Gasteiger partial charge in [0.1, 0.15) is 11.4 Å². The summed E-state index contributed by atoms with van der Waals surface area (Å²) < 4.78 is 16.8. The van der Waals surface area contributed by atoms with Crippen LogP contribution in [0.25, 0.3) is 22.6 Å². The average Bonchev–Trinajstić information content (AvgIpc) is 3.56. The van der Waals surface area contributed by atoms with Crippen molar-refractivity contribution in [2.45, 2.75) is 0 Å². The van der Waals surface area contributed by atoms with Crippen molar-refractivity contribution in [1.82, 2.24) is 20.2 Å². The molecular formula is C25H21N5O4. The zero-order valence-electron chi connectivity index (χ0n) is 18.5. The highest BCUT2D eigenvalue weighted by atomic mass is 16.5. The number of carbonyl (C=O) groups is 1. The van der Waals surface area contributed by atoms with Gasteiger partial charge in [-0.3, -0.25) is 4.79 Å². The van der Waals surface area contributed by atoms with Crippen molar-refractivity contribution in [1.29, 1.82) is 0 Å². The quantitative estimate of drug-likeness (QED) is 0.381. The number of nitrogens with zero attached hydrogens (tertiary/aromatic N) is 3. The minimum Gasteiger partial charge on any atom is -0.496 e. The Morgan fingerprint density at radius 1 is 1.12 bits per heavy atom. The molecule has 4 aromatic rings. The molecule has 0 amide bonds. The number of rotatable bonds is 7. The molecular weight excluding hydrogens is 434 g/mol. The number of methoxy groups -OCH3 is 1. The summed E-state index contributed by atoms with van der Waals surface area (Å²) >= 11 is 0. The number of Topliss-reactive ketones (excluding diaryl/α,β-unsaturated/α-hetero) is 1. The number of hydrogen-bond acceptors (Lipinski definition) is 9. The molecule has 170 valence electrons. The van der Waals surface area contributed by atoms with E-state index in [9.17, 15) is 4.79 Å². The number of ketones is 1. The highest BCUT2D eigenvalue weighted by Gasteiger charge is 2.20. The Hall–Kier alpha value is -4.79. The lowest BCUT2D eigenvalue weighted by molar-refractivity contribution is 0.102. The number of allylic oxidation sites excluding steroid dienone is 1. The van der Waals surface area contributed by atoms with Crippen LogP contribution in [-0.2, 0) is 0 Å². The first kappa shape index (κ1) is 21.1. The molecule has 0 radical (unpaired) electrons. The summed E-state index contributed by atoms with van der Waals surface area (Å²) in [4.78, 5) is 23.2. The summed E-state index contributed by atoms with van der Waals surface area (Å²) in [5, 5.41) is 6.13. The van der Waals surface area contributed by atoms with E-state index in [4.69, 9.17) is 13.6 Å². The Morgan fingerprint density at radius 2 is 2.00 bits per heavy atom. The summed E-state index contributed by atoms with van der Waals surface area (Å²) in [5.74, 6) is 1.53. The fourth-order valence-corrected chi connectivity index (χ4v) is 3.60. The van der Waals surface area contributed by atoms with Crippen molar-refractivity contribution in [3.8, 4) is 28.4 Å². The maximum atomic E-state index is 13.1. The molecule has 0 fully saturated rings. The van der Waals surface area contributed by atoms with Crippen molar-refractivity contribution in [2.24, 2.45) is 0 Å². The summed E-state index contributed by atoms with van der Waals surface area (Å²) in [6.07, 6.45) is 9.86. The Balaban J connectivity index is 1.40. The van der Waals surface area contributed by atoms with Crippen molar-refractivity contribution in [3.63, 3.8) is 0 Å². The number of benzene rings is 2. The maximum Gasteiger partial charge on any atom is 0.299 e. The van der Waals surface area contributed by atoms with E-state index in [1.54, 1.807) is 38.0 Å². The lowest BCUT2D eigenvalue weighted by Crippen LogP contribution is -2.23. The van der Waals surface area contributed by atoms with Crippen LogP contribution in [0.1, 0.15) is 10.4 Å². The second-order valence-corrected chi connectivity index (χ2v) is 7.48. The van der Waals surface area contributed by atoms with Gasteiger partial charge in [-0.2, -0.15) is 0 Å². The zero-order valence-corrected chi connectivity index (χ0v) is 18.5.